The van der Waals surface area contributed by atoms with E-state index >= 15 is 0 Å². The maximum absolute atomic E-state index is 12.7. The first-order chi connectivity index (χ1) is 7.09. The van der Waals surface area contributed by atoms with E-state index in [2.05, 4.69) is 0 Å². The number of carboxylic acids is 1. The molecule has 1 saturated carbocycles. The van der Waals surface area contributed by atoms with Gasteiger partial charge in [0.1, 0.15) is 0 Å². The zero-order valence-electron chi connectivity index (χ0n) is 7.91. The van der Waals surface area contributed by atoms with Crippen LogP contribution in [0.3, 0.4) is 0 Å². The maximum Gasteiger partial charge on any atom is 0.335 e. The number of carbonyl (C=O) groups is 1. The second-order valence-electron chi connectivity index (χ2n) is 3.72. The summed E-state index contributed by atoms with van der Waals surface area (Å²) < 4.78 is 25.3. The Balaban J connectivity index is 2.43. The fourth-order valence-electron chi connectivity index (χ4n) is 1.66. The second-order valence-corrected chi connectivity index (χ2v) is 3.72. The van der Waals surface area contributed by atoms with Crippen LogP contribution in [0, 0.1) is 0 Å². The minimum Gasteiger partial charge on any atom is -0.478 e. The largest absolute Gasteiger partial charge is 0.478 e. The maximum atomic E-state index is 12.7. The average molecular weight is 212 g/mol. The number of hydrogen-bond donors (Lipinski definition) is 1. The molecule has 80 valence electrons. The van der Waals surface area contributed by atoms with Crippen LogP contribution in [0.2, 0.25) is 0 Å². The van der Waals surface area contributed by atoms with Crippen molar-refractivity contribution in [3.05, 3.63) is 34.9 Å². The molecule has 1 aliphatic carbocycles. The molecule has 0 saturated heterocycles. The molecule has 0 heterocycles. The van der Waals surface area contributed by atoms with E-state index in [1.54, 1.807) is 0 Å². The van der Waals surface area contributed by atoms with Gasteiger partial charge < -0.3 is 5.11 Å². The molecule has 1 N–H and O–H groups in total. The molecule has 0 amide bonds. The van der Waals surface area contributed by atoms with Gasteiger partial charge in [-0.1, -0.05) is 6.07 Å². The van der Waals surface area contributed by atoms with Gasteiger partial charge in [-0.05, 0) is 36.5 Å². The zero-order chi connectivity index (χ0) is 11.0. The van der Waals surface area contributed by atoms with Crippen LogP contribution in [0.25, 0.3) is 0 Å². The van der Waals surface area contributed by atoms with Gasteiger partial charge in [0, 0.05) is 5.56 Å². The molecule has 0 radical (unpaired) electrons. The molecule has 4 heteroatoms. The Morgan fingerprint density at radius 1 is 1.40 bits per heavy atom. The van der Waals surface area contributed by atoms with Crippen LogP contribution in [0.4, 0.5) is 8.78 Å². The van der Waals surface area contributed by atoms with Gasteiger partial charge >= 0.3 is 5.97 Å². The average Bonchev–Trinajstić information content (AvgIpc) is 2.99. The van der Waals surface area contributed by atoms with Gasteiger partial charge in [-0.3, -0.25) is 0 Å². The molecule has 1 aromatic rings. The standard InChI is InChI=1S/C11H10F2O2/c12-10(13)9-5-7(11(14)15)3-4-8(9)6-1-2-6/h3-6,10H,1-2H2,(H,14,15). The van der Waals surface area contributed by atoms with Crippen LogP contribution in [0.15, 0.2) is 18.2 Å². The van der Waals surface area contributed by atoms with E-state index < -0.39 is 12.4 Å². The lowest BCUT2D eigenvalue weighted by Crippen LogP contribution is -2.00. The Labute approximate surface area is 85.5 Å². The first-order valence-corrected chi connectivity index (χ1v) is 4.75. The summed E-state index contributed by atoms with van der Waals surface area (Å²) in [6.07, 6.45) is -0.752. The molecule has 1 aliphatic rings. The van der Waals surface area contributed by atoms with Crippen LogP contribution >= 0.6 is 0 Å². The molecule has 1 fully saturated rings. The fourth-order valence-corrected chi connectivity index (χ4v) is 1.66. The summed E-state index contributed by atoms with van der Waals surface area (Å²) in [4.78, 5) is 10.6. The van der Waals surface area contributed by atoms with Gasteiger partial charge in [0.25, 0.3) is 6.43 Å². The highest BCUT2D eigenvalue weighted by Gasteiger charge is 2.29. The number of hydrogen-bond acceptors (Lipinski definition) is 1. The lowest BCUT2D eigenvalue weighted by Gasteiger charge is -2.08. The summed E-state index contributed by atoms with van der Waals surface area (Å²) >= 11 is 0. The van der Waals surface area contributed by atoms with Gasteiger partial charge in [-0.2, -0.15) is 0 Å². The smallest absolute Gasteiger partial charge is 0.335 e. The molecule has 15 heavy (non-hydrogen) atoms. The molecular formula is C11H10F2O2. The lowest BCUT2D eigenvalue weighted by molar-refractivity contribution is 0.0696. The monoisotopic (exact) mass is 212 g/mol. The SMILES string of the molecule is O=C(O)c1ccc(C2CC2)c(C(F)F)c1. The number of carboxylic acid groups (broad SMARTS) is 1. The number of halogens is 2. The van der Waals surface area contributed by atoms with Crippen molar-refractivity contribution in [2.45, 2.75) is 25.2 Å². The van der Waals surface area contributed by atoms with Gasteiger partial charge in [0.05, 0.1) is 5.56 Å². The quantitative estimate of drug-likeness (QED) is 0.835. The number of alkyl halides is 2. The van der Waals surface area contributed by atoms with Gasteiger partial charge in [-0.25, -0.2) is 13.6 Å². The zero-order valence-corrected chi connectivity index (χ0v) is 7.91. The first-order valence-electron chi connectivity index (χ1n) is 4.75. The lowest BCUT2D eigenvalue weighted by atomic mass is 10.0. The van der Waals surface area contributed by atoms with Crippen LogP contribution in [-0.2, 0) is 0 Å². The van der Waals surface area contributed by atoms with Crippen molar-refractivity contribution >= 4 is 5.97 Å². The number of benzene rings is 1. The summed E-state index contributed by atoms with van der Waals surface area (Å²) in [5.74, 6) is -0.962. The summed E-state index contributed by atoms with van der Waals surface area (Å²) in [6, 6.07) is 3.99. The third-order valence-electron chi connectivity index (χ3n) is 2.59. The van der Waals surface area contributed by atoms with Gasteiger partial charge in [0.2, 0.25) is 0 Å². The van der Waals surface area contributed by atoms with Crippen molar-refractivity contribution in [3.8, 4) is 0 Å². The van der Waals surface area contributed by atoms with Gasteiger partial charge in [0.15, 0.2) is 0 Å². The summed E-state index contributed by atoms with van der Waals surface area (Å²) in [5.41, 5.74) is 0.405. The summed E-state index contributed by atoms with van der Waals surface area (Å²) in [5, 5.41) is 8.69. The predicted octanol–water partition coefficient (Wildman–Crippen LogP) is 3.20. The van der Waals surface area contributed by atoms with Crippen molar-refractivity contribution in [2.75, 3.05) is 0 Å². The Morgan fingerprint density at radius 3 is 2.53 bits per heavy atom. The highest BCUT2D eigenvalue weighted by molar-refractivity contribution is 5.88. The molecule has 1 aromatic carbocycles. The van der Waals surface area contributed by atoms with E-state index in [1.165, 1.54) is 12.1 Å². The van der Waals surface area contributed by atoms with E-state index in [4.69, 9.17) is 5.11 Å². The summed E-state index contributed by atoms with van der Waals surface area (Å²) in [7, 11) is 0. The van der Waals surface area contributed by atoms with E-state index in [1.807, 2.05) is 0 Å². The molecule has 0 spiro atoms. The third-order valence-corrected chi connectivity index (χ3v) is 2.59. The molecule has 2 nitrogen and oxygen atoms in total. The number of aromatic carboxylic acids is 1. The van der Waals surface area contributed by atoms with Gasteiger partial charge in [-0.15, -0.1) is 0 Å². The second kappa shape index (κ2) is 3.61. The minimum absolute atomic E-state index is 0.0744. The van der Waals surface area contributed by atoms with E-state index in [0.717, 1.165) is 18.9 Å². The number of rotatable bonds is 3. The van der Waals surface area contributed by atoms with Crippen LogP contribution in [-0.4, -0.2) is 11.1 Å². The fraction of sp³-hybridized carbons (Fsp3) is 0.364. The van der Waals surface area contributed by atoms with Crippen molar-refractivity contribution < 1.29 is 18.7 Å². The molecule has 2 rings (SSSR count). The third kappa shape index (κ3) is 1.98. The molecule has 0 bridgehead atoms. The molecular weight excluding hydrogens is 202 g/mol. The van der Waals surface area contributed by atoms with Crippen molar-refractivity contribution in [3.63, 3.8) is 0 Å². The van der Waals surface area contributed by atoms with Crippen LogP contribution in [0.1, 0.15) is 46.7 Å². The topological polar surface area (TPSA) is 37.3 Å². The predicted molar refractivity (Wildman–Crippen MR) is 50.3 cm³/mol. The minimum atomic E-state index is -2.60. The van der Waals surface area contributed by atoms with Crippen LogP contribution < -0.4 is 0 Å². The van der Waals surface area contributed by atoms with Crippen molar-refractivity contribution in [1.82, 2.24) is 0 Å². The normalized spacial score (nSPS) is 15.7. The first kappa shape index (κ1) is 10.1. The Morgan fingerprint density at radius 2 is 2.07 bits per heavy atom. The molecule has 0 unspecified atom stereocenters. The molecule has 0 aromatic heterocycles. The Bertz CT molecular complexity index is 398. The molecule has 0 aliphatic heterocycles. The Hall–Kier alpha value is -1.45. The van der Waals surface area contributed by atoms with E-state index in [0.29, 0.717) is 5.56 Å². The summed E-state index contributed by atoms with van der Waals surface area (Å²) in [6.45, 7) is 0. The highest BCUT2D eigenvalue weighted by Crippen LogP contribution is 2.44. The van der Waals surface area contributed by atoms with Crippen molar-refractivity contribution in [2.24, 2.45) is 0 Å². The van der Waals surface area contributed by atoms with E-state index in [-0.39, 0.29) is 17.0 Å². The van der Waals surface area contributed by atoms with E-state index in [9.17, 15) is 13.6 Å². The van der Waals surface area contributed by atoms with Crippen molar-refractivity contribution in [1.29, 1.82) is 0 Å². The Kier molecular flexibility index (Phi) is 2.42. The molecule has 0 atom stereocenters. The van der Waals surface area contributed by atoms with Crippen LogP contribution in [0.5, 0.6) is 0 Å². The highest BCUT2D eigenvalue weighted by atomic mass is 19.3.